The zero-order valence-electron chi connectivity index (χ0n) is 19.5. The van der Waals surface area contributed by atoms with Gasteiger partial charge in [0.05, 0.1) is 15.9 Å². The van der Waals surface area contributed by atoms with E-state index < -0.39 is 30.8 Å². The lowest BCUT2D eigenvalue weighted by Crippen LogP contribution is -2.46. The van der Waals surface area contributed by atoms with E-state index in [1.54, 1.807) is 22.6 Å². The van der Waals surface area contributed by atoms with E-state index in [0.29, 0.717) is 0 Å². The van der Waals surface area contributed by atoms with Gasteiger partial charge in [0.1, 0.15) is 11.8 Å². The predicted octanol–water partition coefficient (Wildman–Crippen LogP) is 6.34. The lowest BCUT2D eigenvalue weighted by Gasteiger charge is -2.43. The summed E-state index contributed by atoms with van der Waals surface area (Å²) in [5, 5.41) is 3.59. The molecule has 2 unspecified atom stereocenters. The number of rotatable bonds is 8. The average molecular weight is 611 g/mol. The molecule has 32 heavy (non-hydrogen) atoms. The Morgan fingerprint density at radius 1 is 1.22 bits per heavy atom. The van der Waals surface area contributed by atoms with Gasteiger partial charge in [-0.25, -0.2) is 0 Å². The van der Waals surface area contributed by atoms with E-state index in [1.165, 1.54) is 0 Å². The topological polar surface area (TPSA) is 70.4 Å². The molecule has 6 nitrogen and oxygen atoms in total. The van der Waals surface area contributed by atoms with E-state index in [9.17, 15) is 21.6 Å². The second kappa shape index (κ2) is 10.2. The van der Waals surface area contributed by atoms with Gasteiger partial charge in [0, 0.05) is 12.6 Å². The third kappa shape index (κ3) is 7.67. The van der Waals surface area contributed by atoms with Gasteiger partial charge in [-0.15, -0.1) is 13.2 Å². The second-order valence-corrected chi connectivity index (χ2v) is 17.6. The Morgan fingerprint density at radius 3 is 2.22 bits per heavy atom. The molecular weight excluding hydrogens is 576 g/mol. The summed E-state index contributed by atoms with van der Waals surface area (Å²) in [6.07, 6.45) is 0.838. The number of halogens is 4. The van der Waals surface area contributed by atoms with Crippen LogP contribution in [0.3, 0.4) is 0 Å². The summed E-state index contributed by atoms with van der Waals surface area (Å²) in [6.45, 7) is 10.6. The molecule has 0 amide bonds. The maximum absolute atomic E-state index is 13.2. The van der Waals surface area contributed by atoms with Crippen molar-refractivity contribution < 1.29 is 30.2 Å². The SMILES string of the molecule is CC(C)(C)[Si](C)(C)OC(CC(OS(C)(=O)=O)c1nn(C(F)(F)F)cc1I)C1CCCCC1. The first-order chi connectivity index (χ1) is 14.4. The Morgan fingerprint density at radius 2 is 1.78 bits per heavy atom. The molecule has 1 fully saturated rings. The van der Waals surface area contributed by atoms with Crippen molar-refractivity contribution in [1.29, 1.82) is 0 Å². The minimum atomic E-state index is -4.70. The maximum Gasteiger partial charge on any atom is 0.504 e. The van der Waals surface area contributed by atoms with E-state index in [0.717, 1.165) is 44.6 Å². The van der Waals surface area contributed by atoms with Crippen molar-refractivity contribution in [2.24, 2.45) is 5.92 Å². The molecule has 1 heterocycles. The van der Waals surface area contributed by atoms with Gasteiger partial charge in [0.15, 0.2) is 8.32 Å². The van der Waals surface area contributed by atoms with Crippen molar-refractivity contribution in [3.8, 4) is 0 Å². The van der Waals surface area contributed by atoms with Gasteiger partial charge in [0.2, 0.25) is 0 Å². The predicted molar refractivity (Wildman–Crippen MR) is 128 cm³/mol. The summed E-state index contributed by atoms with van der Waals surface area (Å²) in [4.78, 5) is 0. The van der Waals surface area contributed by atoms with Crippen LogP contribution in [0, 0.1) is 9.49 Å². The zero-order valence-corrected chi connectivity index (χ0v) is 23.5. The molecular formula is C20H34F3IN2O4SSi. The first-order valence-electron chi connectivity index (χ1n) is 10.8. The van der Waals surface area contributed by atoms with E-state index in [2.05, 4.69) is 39.0 Å². The van der Waals surface area contributed by atoms with Gasteiger partial charge < -0.3 is 4.43 Å². The molecule has 2 atom stereocenters. The first-order valence-corrected chi connectivity index (χ1v) is 16.6. The monoisotopic (exact) mass is 610 g/mol. The molecule has 0 N–H and O–H groups in total. The third-order valence-electron chi connectivity index (χ3n) is 6.43. The summed E-state index contributed by atoms with van der Waals surface area (Å²) in [6, 6.07) is 0. The Bertz CT molecular complexity index is 878. The number of nitrogens with zero attached hydrogens (tertiary/aromatic N) is 2. The largest absolute Gasteiger partial charge is 0.504 e. The van der Waals surface area contributed by atoms with E-state index >= 15 is 0 Å². The van der Waals surface area contributed by atoms with Gasteiger partial charge in [0.25, 0.3) is 10.1 Å². The van der Waals surface area contributed by atoms with Crippen molar-refractivity contribution in [1.82, 2.24) is 9.78 Å². The Balaban J connectivity index is 2.44. The molecule has 1 aliphatic rings. The molecule has 1 aromatic rings. The van der Waals surface area contributed by atoms with E-state index in [4.69, 9.17) is 8.61 Å². The van der Waals surface area contributed by atoms with Crippen LogP contribution in [-0.2, 0) is 25.0 Å². The molecule has 0 aliphatic heterocycles. The minimum absolute atomic E-state index is 0.0343. The highest BCUT2D eigenvalue weighted by atomic mass is 127. The van der Waals surface area contributed by atoms with Gasteiger partial charge >= 0.3 is 6.30 Å². The molecule has 186 valence electrons. The van der Waals surface area contributed by atoms with Gasteiger partial charge in [-0.2, -0.15) is 18.2 Å². The van der Waals surface area contributed by atoms with Gasteiger partial charge in [-0.3, -0.25) is 4.18 Å². The van der Waals surface area contributed by atoms with Crippen LogP contribution in [0.2, 0.25) is 18.1 Å². The molecule has 1 aliphatic carbocycles. The van der Waals surface area contributed by atoms with Gasteiger partial charge in [-0.1, -0.05) is 40.0 Å². The summed E-state index contributed by atoms with van der Waals surface area (Å²) >= 11 is 1.74. The van der Waals surface area contributed by atoms with Crippen LogP contribution in [-0.4, -0.2) is 38.9 Å². The lowest BCUT2D eigenvalue weighted by molar-refractivity contribution is -0.212. The van der Waals surface area contributed by atoms with Crippen molar-refractivity contribution >= 4 is 41.0 Å². The Kier molecular flexibility index (Phi) is 8.95. The standard InChI is InChI=1S/C20H34F3IN2O4SSi/c1-19(2,3)32(5,6)30-16(14-10-8-7-9-11-14)12-17(29-31(4,27)28)18-15(24)13-26(25-18)20(21,22)23/h13-14,16-17H,7-12H2,1-6H3. The van der Waals surface area contributed by atoms with E-state index in [1.807, 2.05) is 0 Å². The molecule has 0 saturated heterocycles. The van der Waals surface area contributed by atoms with Crippen molar-refractivity contribution in [2.45, 2.75) is 95.9 Å². The molecule has 0 aromatic carbocycles. The van der Waals surface area contributed by atoms with Gasteiger partial charge in [-0.05, 0) is 59.5 Å². The summed E-state index contributed by atoms with van der Waals surface area (Å²) < 4.78 is 75.8. The van der Waals surface area contributed by atoms with Crippen LogP contribution >= 0.6 is 22.6 Å². The fraction of sp³-hybridized carbons (Fsp3) is 0.850. The smallest absolute Gasteiger partial charge is 0.414 e. The van der Waals surface area contributed by atoms with Crippen LogP contribution in [0.15, 0.2) is 6.20 Å². The number of hydrogen-bond donors (Lipinski definition) is 0. The number of alkyl halides is 3. The van der Waals surface area contributed by atoms with Crippen molar-refractivity contribution in [3.63, 3.8) is 0 Å². The molecule has 0 spiro atoms. The van der Waals surface area contributed by atoms with Crippen LogP contribution in [0.25, 0.3) is 0 Å². The molecule has 0 radical (unpaired) electrons. The van der Waals surface area contributed by atoms with Crippen LogP contribution in [0.4, 0.5) is 13.2 Å². The average Bonchev–Trinajstić information content (AvgIpc) is 3.01. The number of aromatic nitrogens is 2. The highest BCUT2D eigenvalue weighted by molar-refractivity contribution is 14.1. The third-order valence-corrected chi connectivity index (χ3v) is 12.3. The summed E-state index contributed by atoms with van der Waals surface area (Å²) in [5.41, 5.74) is -0.0343. The van der Waals surface area contributed by atoms with Crippen molar-refractivity contribution in [2.75, 3.05) is 6.26 Å². The molecule has 0 bridgehead atoms. The summed E-state index contributed by atoms with van der Waals surface area (Å²) in [7, 11) is -6.17. The van der Waals surface area contributed by atoms with E-state index in [-0.39, 0.29) is 37.4 Å². The summed E-state index contributed by atoms with van der Waals surface area (Å²) in [5.74, 6) is 0.200. The van der Waals surface area contributed by atoms with Crippen molar-refractivity contribution in [3.05, 3.63) is 15.5 Å². The lowest BCUT2D eigenvalue weighted by atomic mass is 9.83. The second-order valence-electron chi connectivity index (χ2n) is 10.1. The molecule has 12 heteroatoms. The first kappa shape index (κ1) is 28.1. The van der Waals surface area contributed by atoms with Crippen LogP contribution in [0.1, 0.15) is 71.1 Å². The fourth-order valence-corrected chi connectivity index (χ4v) is 6.44. The Labute approximate surface area is 204 Å². The zero-order chi connectivity index (χ0) is 24.5. The molecule has 2 rings (SSSR count). The Hall–Kier alpha value is -0.183. The molecule has 1 saturated carbocycles. The maximum atomic E-state index is 13.2. The number of hydrogen-bond acceptors (Lipinski definition) is 5. The van der Waals surface area contributed by atoms with Crippen LogP contribution < -0.4 is 0 Å². The fourth-order valence-electron chi connectivity index (χ4n) is 3.73. The van der Waals surface area contributed by atoms with Crippen LogP contribution in [0.5, 0.6) is 0 Å². The highest BCUT2D eigenvalue weighted by Crippen LogP contribution is 2.42. The highest BCUT2D eigenvalue weighted by Gasteiger charge is 2.43. The quantitative estimate of drug-likeness (QED) is 0.195. The molecule has 1 aromatic heterocycles. The normalized spacial score (nSPS) is 19.2. The minimum Gasteiger partial charge on any atom is -0.414 e.